The number of nitrogens with zero attached hydrogens (tertiary/aromatic N) is 4. The molecule has 0 unspecified atom stereocenters. The highest BCUT2D eigenvalue weighted by Gasteiger charge is 2.19. The molecule has 0 aliphatic carbocycles. The van der Waals surface area contributed by atoms with Crippen molar-refractivity contribution < 1.29 is 44.0 Å². The number of carbonyl (C=O) groups is 4. The quantitative estimate of drug-likeness (QED) is 0.0399. The lowest BCUT2D eigenvalue weighted by Gasteiger charge is -2.14. The number of aryl methyl sites for hydroxylation is 2. The first-order valence-corrected chi connectivity index (χ1v) is 27.3. The number of carbonyl (C=O) groups excluding carboxylic acids is 3. The molecular weight excluding hydrogens is 1070 g/mol. The predicted molar refractivity (Wildman–Crippen MR) is 331 cm³/mol. The van der Waals surface area contributed by atoms with E-state index in [2.05, 4.69) is 31.0 Å². The summed E-state index contributed by atoms with van der Waals surface area (Å²) in [5, 5.41) is 52.3. The van der Waals surface area contributed by atoms with Crippen LogP contribution in [0.2, 0.25) is 0 Å². The number of amides is 2. The number of hydrogen-bond donors (Lipinski definition) is 5. The number of benzene rings is 8. The number of ketones is 1. The molecule has 0 spiro atoms. The Morgan fingerprint density at radius 2 is 0.835 bits per heavy atom. The number of carboxylic acids is 1. The molecule has 5 N–H and O–H groups in total. The van der Waals surface area contributed by atoms with E-state index in [-0.39, 0.29) is 43.8 Å². The summed E-state index contributed by atoms with van der Waals surface area (Å²) in [6.45, 7) is 2.44. The third-order valence-electron chi connectivity index (χ3n) is 13.5. The van der Waals surface area contributed by atoms with Gasteiger partial charge in [-0.15, -0.1) is 20.4 Å². The second-order valence-corrected chi connectivity index (χ2v) is 19.5. The third kappa shape index (κ3) is 16.4. The van der Waals surface area contributed by atoms with Gasteiger partial charge < -0.3 is 35.4 Å². The lowest BCUT2D eigenvalue weighted by Crippen LogP contribution is -2.13. The Morgan fingerprint density at radius 1 is 0.435 bits per heavy atom. The summed E-state index contributed by atoms with van der Waals surface area (Å²) in [5.41, 5.74) is 11.8. The van der Waals surface area contributed by atoms with Gasteiger partial charge >= 0.3 is 5.97 Å². The standard InChI is InChI=1S/C35H31N3O4.C34H29N3O5.CH4/c1-24(40)27-11-7-12-28(21-27)34-29(13-8-20-39)22-33(37-38-34)31-14-5-6-15-32(31)36-35(41)26-16-18-30(19-17-26)42-23-25-9-3-2-4-10-25;38-19-7-12-26-21-31(36-37-32(26)25-10-6-11-27(20-25)34(40)41)29-13-4-5-14-30(29)35-33(39)24-15-17-28(18-16-24)42-22-23-8-2-1-3-9-23;/h2-7,9-12,14-19,21-22,39H,8,13,20,23H2,1H3,(H,36,41);1-6,8-11,13-18,20-21,38H,7,12,19,22H2,(H,35,39)(H,40,41);1H4. The van der Waals surface area contributed by atoms with Gasteiger partial charge in [0.1, 0.15) is 24.7 Å². The van der Waals surface area contributed by atoms with Crippen molar-refractivity contribution in [2.75, 3.05) is 23.8 Å². The molecule has 10 rings (SSSR count). The fourth-order valence-corrected chi connectivity index (χ4v) is 9.12. The van der Waals surface area contributed by atoms with Gasteiger partial charge in [0.2, 0.25) is 0 Å². The summed E-state index contributed by atoms with van der Waals surface area (Å²) in [6.07, 6.45) is 2.14. The fraction of sp³-hybridized carbons (Fsp3) is 0.143. The number of aromatic nitrogens is 4. The van der Waals surface area contributed by atoms with Crippen molar-refractivity contribution in [3.05, 3.63) is 263 Å². The van der Waals surface area contributed by atoms with E-state index in [1.807, 2.05) is 127 Å². The van der Waals surface area contributed by atoms with Crippen LogP contribution >= 0.6 is 0 Å². The number of nitrogens with one attached hydrogen (secondary N) is 2. The fourth-order valence-electron chi connectivity index (χ4n) is 9.12. The molecule has 15 heteroatoms. The molecule has 0 bridgehead atoms. The number of anilines is 2. The minimum atomic E-state index is -1.03. The lowest BCUT2D eigenvalue weighted by molar-refractivity contribution is 0.0696. The number of hydrogen-bond acceptors (Lipinski definition) is 12. The first-order valence-electron chi connectivity index (χ1n) is 27.3. The molecule has 2 heterocycles. The molecule has 0 saturated heterocycles. The van der Waals surface area contributed by atoms with Crippen LogP contribution in [0.1, 0.15) is 90.9 Å². The summed E-state index contributed by atoms with van der Waals surface area (Å²) in [6, 6.07) is 66.1. The van der Waals surface area contributed by atoms with Crippen LogP contribution in [0.3, 0.4) is 0 Å². The molecule has 0 aliphatic rings. The largest absolute Gasteiger partial charge is 0.489 e. The van der Waals surface area contributed by atoms with Crippen LogP contribution in [0.25, 0.3) is 45.0 Å². The van der Waals surface area contributed by atoms with Crippen LogP contribution < -0.4 is 20.1 Å². The van der Waals surface area contributed by atoms with Crippen molar-refractivity contribution in [3.8, 4) is 56.5 Å². The van der Waals surface area contributed by atoms with Gasteiger partial charge in [0.25, 0.3) is 11.8 Å². The van der Waals surface area contributed by atoms with Gasteiger partial charge in [-0.3, -0.25) is 14.4 Å². The molecule has 0 fully saturated rings. The van der Waals surface area contributed by atoms with E-state index in [9.17, 15) is 34.5 Å². The molecule has 10 aromatic rings. The van der Waals surface area contributed by atoms with Gasteiger partial charge in [-0.1, -0.05) is 135 Å². The SMILES string of the molecule is C.CC(=O)c1cccc(-c2nnc(-c3ccccc3NC(=O)c3ccc(OCc4ccccc4)cc3)cc2CCCO)c1.O=C(O)c1cccc(-c2nnc(-c3ccccc3NC(=O)c3ccc(OCc4ccccc4)cc3)cc2CCCO)c1. The van der Waals surface area contributed by atoms with Gasteiger partial charge in [-0.25, -0.2) is 4.79 Å². The van der Waals surface area contributed by atoms with Crippen LogP contribution in [0.5, 0.6) is 11.5 Å². The highest BCUT2D eigenvalue weighted by Crippen LogP contribution is 2.33. The smallest absolute Gasteiger partial charge is 0.335 e. The Bertz CT molecular complexity index is 3630. The Balaban J connectivity index is 0.000000219. The average molecular weight is 1130 g/mol. The molecule has 15 nitrogen and oxygen atoms in total. The predicted octanol–water partition coefficient (Wildman–Crippen LogP) is 13.7. The van der Waals surface area contributed by atoms with E-state index in [1.54, 1.807) is 84.9 Å². The molecule has 2 aromatic heterocycles. The second-order valence-electron chi connectivity index (χ2n) is 19.5. The molecule has 8 aromatic carbocycles. The Hall–Kier alpha value is -10.5. The third-order valence-corrected chi connectivity index (χ3v) is 13.5. The molecule has 0 saturated carbocycles. The van der Waals surface area contributed by atoms with Crippen LogP contribution in [0.4, 0.5) is 11.4 Å². The van der Waals surface area contributed by atoms with Gasteiger partial charge in [-0.05, 0) is 146 Å². The average Bonchev–Trinajstić information content (AvgIpc) is 3.74. The molecule has 428 valence electrons. The van der Waals surface area contributed by atoms with Crippen LogP contribution in [0.15, 0.2) is 218 Å². The van der Waals surface area contributed by atoms with Crippen molar-refractivity contribution >= 4 is 34.9 Å². The van der Waals surface area contributed by atoms with E-state index in [0.29, 0.717) is 112 Å². The van der Waals surface area contributed by atoms with Crippen LogP contribution in [-0.2, 0) is 26.1 Å². The normalized spacial score (nSPS) is 10.6. The number of para-hydroxylation sites is 2. The number of carboxylic acid groups (broad SMARTS) is 1. The summed E-state index contributed by atoms with van der Waals surface area (Å²) < 4.78 is 11.7. The van der Waals surface area contributed by atoms with Gasteiger partial charge in [0, 0.05) is 52.2 Å². The number of aliphatic hydroxyl groups is 2. The number of ether oxygens (including phenoxy) is 2. The molecule has 0 aliphatic heterocycles. The first kappa shape index (κ1) is 60.6. The van der Waals surface area contributed by atoms with Crippen molar-refractivity contribution in [1.82, 2.24) is 20.4 Å². The Morgan fingerprint density at radius 3 is 1.25 bits per heavy atom. The summed E-state index contributed by atoms with van der Waals surface area (Å²) >= 11 is 0. The summed E-state index contributed by atoms with van der Waals surface area (Å²) in [7, 11) is 0. The van der Waals surface area contributed by atoms with E-state index in [1.165, 1.54) is 13.0 Å². The highest BCUT2D eigenvalue weighted by molar-refractivity contribution is 6.07. The van der Waals surface area contributed by atoms with Gasteiger partial charge in [0.05, 0.1) is 39.7 Å². The molecule has 85 heavy (non-hydrogen) atoms. The number of rotatable bonds is 22. The highest BCUT2D eigenvalue weighted by atomic mass is 16.5. The van der Waals surface area contributed by atoms with Crippen molar-refractivity contribution in [1.29, 1.82) is 0 Å². The van der Waals surface area contributed by atoms with E-state index < -0.39 is 5.97 Å². The minimum absolute atomic E-state index is 0. The van der Waals surface area contributed by atoms with Crippen molar-refractivity contribution in [3.63, 3.8) is 0 Å². The van der Waals surface area contributed by atoms with Crippen LogP contribution in [0, 0.1) is 0 Å². The van der Waals surface area contributed by atoms with E-state index in [0.717, 1.165) is 33.4 Å². The second kappa shape index (κ2) is 30.0. The van der Waals surface area contributed by atoms with Crippen molar-refractivity contribution in [2.24, 2.45) is 0 Å². The summed E-state index contributed by atoms with van der Waals surface area (Å²) in [5.74, 6) is -0.267. The maximum atomic E-state index is 13.2. The number of Topliss-reactive ketones (excluding diaryl/α,β-unsaturated/α-hetero) is 1. The van der Waals surface area contributed by atoms with Crippen molar-refractivity contribution in [2.45, 2.75) is 53.2 Å². The molecule has 2 amide bonds. The van der Waals surface area contributed by atoms with Crippen LogP contribution in [-0.4, -0.2) is 72.5 Å². The molecular formula is C70H64N6O9. The zero-order valence-corrected chi connectivity index (χ0v) is 46.0. The number of aromatic carboxylic acids is 1. The lowest BCUT2D eigenvalue weighted by atomic mass is 9.98. The number of aliphatic hydroxyl groups excluding tert-OH is 2. The Kier molecular flexibility index (Phi) is 21.4. The topological polar surface area (TPSA) is 223 Å². The van der Waals surface area contributed by atoms with Gasteiger partial charge in [-0.2, -0.15) is 0 Å². The maximum Gasteiger partial charge on any atom is 0.335 e. The minimum Gasteiger partial charge on any atom is -0.489 e. The molecule has 0 atom stereocenters. The molecule has 0 radical (unpaired) electrons. The van der Waals surface area contributed by atoms with Gasteiger partial charge in [0.15, 0.2) is 5.78 Å². The first-order chi connectivity index (χ1) is 41.0. The zero-order chi connectivity index (χ0) is 58.6. The monoisotopic (exact) mass is 1130 g/mol. The zero-order valence-electron chi connectivity index (χ0n) is 46.0. The van der Waals surface area contributed by atoms with E-state index in [4.69, 9.17) is 9.47 Å². The summed E-state index contributed by atoms with van der Waals surface area (Å²) in [4.78, 5) is 49.8. The maximum absolute atomic E-state index is 13.2. The van der Waals surface area contributed by atoms with E-state index >= 15 is 0 Å². The Labute approximate surface area is 493 Å².